The third-order valence-electron chi connectivity index (χ3n) is 2.16. The summed E-state index contributed by atoms with van der Waals surface area (Å²) in [7, 11) is 0.908. The van der Waals surface area contributed by atoms with E-state index in [1.54, 1.807) is 0 Å². The highest BCUT2D eigenvalue weighted by Crippen LogP contribution is 2.32. The van der Waals surface area contributed by atoms with E-state index < -0.39 is 36.1 Å². The molecule has 0 fully saturated rings. The van der Waals surface area contributed by atoms with Crippen LogP contribution in [0.5, 0.6) is 0 Å². The smallest absolute Gasteiger partial charge is 0.352 e. The molecule has 0 aliphatic heterocycles. The first kappa shape index (κ1) is 17.3. The second-order valence-corrected chi connectivity index (χ2v) is 3.54. The van der Waals surface area contributed by atoms with Gasteiger partial charge >= 0.3 is 6.18 Å². The summed E-state index contributed by atoms with van der Waals surface area (Å²) >= 11 is 0. The lowest BCUT2D eigenvalue weighted by Crippen LogP contribution is -2.43. The van der Waals surface area contributed by atoms with Gasteiger partial charge in [-0.25, -0.2) is 8.78 Å². The van der Waals surface area contributed by atoms with Gasteiger partial charge in [0.1, 0.15) is 5.83 Å². The quantitative estimate of drug-likeness (QED) is 0.352. The Bertz CT molecular complexity index is 398. The second kappa shape index (κ2) is 7.03. The zero-order chi connectivity index (χ0) is 15.2. The summed E-state index contributed by atoms with van der Waals surface area (Å²) in [5.74, 6) is -2.45. The van der Waals surface area contributed by atoms with Crippen LogP contribution in [0.3, 0.4) is 0 Å². The maximum atomic E-state index is 13.2. The molecule has 1 unspecified atom stereocenters. The molecule has 0 saturated carbocycles. The van der Waals surface area contributed by atoms with E-state index in [1.165, 1.54) is 0 Å². The van der Waals surface area contributed by atoms with Crippen LogP contribution in [0.4, 0.5) is 22.0 Å². The van der Waals surface area contributed by atoms with Gasteiger partial charge in [-0.3, -0.25) is 4.99 Å². The van der Waals surface area contributed by atoms with E-state index in [0.717, 1.165) is 7.05 Å². The van der Waals surface area contributed by atoms with Crippen molar-refractivity contribution >= 4 is 6.72 Å². The number of hydrogen-bond donors (Lipinski definition) is 1. The highest BCUT2D eigenvalue weighted by molar-refractivity contribution is 5.26. The Labute approximate surface area is 107 Å². The topological polar surface area (TPSA) is 41.6 Å². The second-order valence-electron chi connectivity index (χ2n) is 3.54. The molecule has 0 bridgehead atoms. The zero-order valence-electron chi connectivity index (χ0n) is 10.2. The fraction of sp³-hybridized carbons (Fsp3) is 0.364. The van der Waals surface area contributed by atoms with Crippen molar-refractivity contribution in [3.63, 3.8) is 0 Å². The van der Waals surface area contributed by atoms with Gasteiger partial charge in [0, 0.05) is 13.5 Å². The molecule has 0 spiro atoms. The largest absolute Gasteiger partial charge is 0.434 e. The summed E-state index contributed by atoms with van der Waals surface area (Å²) in [6.45, 7) is 5.90. The van der Waals surface area contributed by atoms with E-state index in [4.69, 9.17) is 5.73 Å². The molecule has 108 valence electrons. The van der Waals surface area contributed by atoms with Gasteiger partial charge in [0.2, 0.25) is 0 Å². The van der Waals surface area contributed by atoms with Crippen molar-refractivity contribution in [1.82, 2.24) is 4.90 Å². The van der Waals surface area contributed by atoms with Crippen molar-refractivity contribution in [2.24, 2.45) is 10.7 Å². The first-order valence-electron chi connectivity index (χ1n) is 5.03. The summed E-state index contributed by atoms with van der Waals surface area (Å²) in [6.07, 6.45) is -5.83. The first-order valence-corrected chi connectivity index (χ1v) is 5.03. The van der Waals surface area contributed by atoms with Gasteiger partial charge in [0.25, 0.3) is 0 Å². The normalized spacial score (nSPS) is 15.6. The van der Waals surface area contributed by atoms with Gasteiger partial charge in [-0.15, -0.1) is 0 Å². The van der Waals surface area contributed by atoms with Crippen molar-refractivity contribution in [2.75, 3.05) is 7.05 Å². The number of nitrogens with zero attached hydrogens (tertiary/aromatic N) is 2. The molecule has 0 saturated heterocycles. The minimum atomic E-state index is -4.97. The SMILES string of the molecule is C=C/C(F)=C(\N(C)C(N)C/C(F)=C\N=C)C(F)(F)F. The third-order valence-corrected chi connectivity index (χ3v) is 2.16. The van der Waals surface area contributed by atoms with Gasteiger partial charge in [-0.2, -0.15) is 13.2 Å². The van der Waals surface area contributed by atoms with Crippen molar-refractivity contribution < 1.29 is 22.0 Å². The Hall–Kier alpha value is -1.70. The third kappa shape index (κ3) is 5.21. The molecule has 0 aromatic heterocycles. The number of alkyl halides is 3. The van der Waals surface area contributed by atoms with Gasteiger partial charge in [-0.05, 0) is 12.8 Å². The minimum Gasteiger partial charge on any atom is -0.352 e. The van der Waals surface area contributed by atoms with Crippen LogP contribution < -0.4 is 5.73 Å². The Kier molecular flexibility index (Phi) is 6.40. The summed E-state index contributed by atoms with van der Waals surface area (Å²) in [5, 5.41) is 0. The van der Waals surface area contributed by atoms with Crippen LogP contribution in [0, 0.1) is 0 Å². The zero-order valence-corrected chi connectivity index (χ0v) is 10.2. The van der Waals surface area contributed by atoms with Gasteiger partial charge < -0.3 is 10.6 Å². The van der Waals surface area contributed by atoms with E-state index in [2.05, 4.69) is 18.3 Å². The predicted molar refractivity (Wildman–Crippen MR) is 63.5 cm³/mol. The highest BCUT2D eigenvalue weighted by Gasteiger charge is 2.40. The average molecular weight is 283 g/mol. The lowest BCUT2D eigenvalue weighted by molar-refractivity contribution is -0.114. The van der Waals surface area contributed by atoms with Crippen molar-refractivity contribution in [1.29, 1.82) is 0 Å². The summed E-state index contributed by atoms with van der Waals surface area (Å²) in [6, 6.07) is 0. The first-order chi connectivity index (χ1) is 8.65. The number of allylic oxidation sites excluding steroid dienone is 3. The minimum absolute atomic E-state index is 0.396. The standard InChI is InChI=1S/C11H14F5N3/c1-4-8(13)10(11(14,15)16)19(3)9(17)5-7(12)6-18-2/h4,6,9H,1-2,5,17H2,3H3/b7-6+,10-8+. The molecule has 2 N–H and O–H groups in total. The Morgan fingerprint density at radius 3 is 2.32 bits per heavy atom. The van der Waals surface area contributed by atoms with E-state index in [9.17, 15) is 22.0 Å². The molecule has 0 radical (unpaired) electrons. The Morgan fingerprint density at radius 2 is 1.95 bits per heavy atom. The summed E-state index contributed by atoms with van der Waals surface area (Å²) in [4.78, 5) is 3.50. The number of halogens is 5. The fourth-order valence-electron chi connectivity index (χ4n) is 1.25. The molecule has 1 atom stereocenters. The number of rotatable bonds is 6. The molecule has 8 heteroatoms. The van der Waals surface area contributed by atoms with Crippen LogP contribution in [-0.2, 0) is 0 Å². The monoisotopic (exact) mass is 283 g/mol. The lowest BCUT2D eigenvalue weighted by Gasteiger charge is -2.29. The molecule has 0 heterocycles. The average Bonchev–Trinajstić information content (AvgIpc) is 2.26. The molecular weight excluding hydrogens is 269 g/mol. The van der Waals surface area contributed by atoms with Crippen LogP contribution >= 0.6 is 0 Å². The maximum Gasteiger partial charge on any atom is 0.434 e. The Morgan fingerprint density at radius 1 is 1.42 bits per heavy atom. The van der Waals surface area contributed by atoms with Gasteiger partial charge in [0.05, 0.1) is 12.4 Å². The highest BCUT2D eigenvalue weighted by atomic mass is 19.4. The molecule has 0 aromatic rings. The Balaban J connectivity index is 5.24. The molecule has 19 heavy (non-hydrogen) atoms. The predicted octanol–water partition coefficient (Wildman–Crippen LogP) is 3.03. The van der Waals surface area contributed by atoms with Crippen LogP contribution in [-0.4, -0.2) is 31.0 Å². The van der Waals surface area contributed by atoms with E-state index in [1.807, 2.05) is 0 Å². The molecule has 0 aliphatic rings. The fourth-order valence-corrected chi connectivity index (χ4v) is 1.25. The van der Waals surface area contributed by atoms with Crippen molar-refractivity contribution in [2.45, 2.75) is 18.8 Å². The molecule has 3 nitrogen and oxygen atoms in total. The summed E-state index contributed by atoms with van der Waals surface area (Å²) in [5.41, 5.74) is 3.77. The van der Waals surface area contributed by atoms with E-state index >= 15 is 0 Å². The van der Waals surface area contributed by atoms with Crippen molar-refractivity contribution in [3.05, 3.63) is 36.2 Å². The molecule has 0 rings (SSSR count). The van der Waals surface area contributed by atoms with Gasteiger partial charge in [0.15, 0.2) is 11.5 Å². The number of hydrogen-bond acceptors (Lipinski definition) is 3. The van der Waals surface area contributed by atoms with Crippen LogP contribution in [0.1, 0.15) is 6.42 Å². The van der Waals surface area contributed by atoms with Crippen LogP contribution in [0.25, 0.3) is 0 Å². The summed E-state index contributed by atoms with van der Waals surface area (Å²) < 4.78 is 64.3. The van der Waals surface area contributed by atoms with Crippen LogP contribution in [0.15, 0.2) is 41.2 Å². The van der Waals surface area contributed by atoms with Crippen molar-refractivity contribution in [3.8, 4) is 0 Å². The van der Waals surface area contributed by atoms with Crippen LogP contribution in [0.2, 0.25) is 0 Å². The molecule has 0 aliphatic carbocycles. The number of nitrogens with two attached hydrogens (primary N) is 1. The number of aliphatic imine (C=N–C) groups is 1. The molecule has 0 amide bonds. The van der Waals surface area contributed by atoms with E-state index in [0.29, 0.717) is 17.2 Å². The molecular formula is C11H14F5N3. The molecule has 0 aromatic carbocycles. The van der Waals surface area contributed by atoms with Gasteiger partial charge in [-0.1, -0.05) is 6.58 Å². The lowest BCUT2D eigenvalue weighted by atomic mass is 10.2. The maximum absolute atomic E-state index is 13.2. The van der Waals surface area contributed by atoms with E-state index in [-0.39, 0.29) is 0 Å².